The Morgan fingerprint density at radius 3 is 2.50 bits per heavy atom. The van der Waals surface area contributed by atoms with Gasteiger partial charge in [0, 0.05) is 12.5 Å². The van der Waals surface area contributed by atoms with E-state index < -0.39 is 0 Å². The van der Waals surface area contributed by atoms with Crippen LogP contribution >= 0.6 is 0 Å². The minimum atomic E-state index is 0.194. The molecule has 0 aromatic heterocycles. The predicted octanol–water partition coefficient (Wildman–Crippen LogP) is 1.80. The van der Waals surface area contributed by atoms with Crippen molar-refractivity contribution in [3.8, 4) is 0 Å². The van der Waals surface area contributed by atoms with Crippen LogP contribution in [0.25, 0.3) is 0 Å². The maximum atomic E-state index is 11.2. The minimum absolute atomic E-state index is 0.194. The fraction of sp³-hybridized carbons (Fsp3) is 0.900. The maximum Gasteiger partial charge on any atom is 0.223 e. The molecule has 0 bridgehead atoms. The lowest BCUT2D eigenvalue weighted by Gasteiger charge is -2.31. The predicted molar refractivity (Wildman–Crippen MR) is 49.7 cm³/mol. The molecule has 0 aliphatic carbocycles. The Kier molecular flexibility index (Phi) is 2.45. The highest BCUT2D eigenvalue weighted by Crippen LogP contribution is 2.37. The third kappa shape index (κ3) is 1.47. The van der Waals surface area contributed by atoms with E-state index in [0.717, 1.165) is 13.0 Å². The van der Waals surface area contributed by atoms with Crippen LogP contribution in [0.2, 0.25) is 0 Å². The van der Waals surface area contributed by atoms with E-state index in [1.54, 1.807) is 0 Å². The Balaban J connectivity index is 2.71. The Bertz CT molecular complexity index is 186. The van der Waals surface area contributed by atoms with Crippen molar-refractivity contribution >= 4 is 5.91 Å². The van der Waals surface area contributed by atoms with Crippen LogP contribution in [0.5, 0.6) is 0 Å². The van der Waals surface area contributed by atoms with Crippen LogP contribution in [-0.4, -0.2) is 12.5 Å². The molecule has 1 aliphatic rings. The van der Waals surface area contributed by atoms with Crippen molar-refractivity contribution in [3.05, 3.63) is 0 Å². The van der Waals surface area contributed by atoms with Gasteiger partial charge in [0.05, 0.1) is 0 Å². The molecular formula is C10H19NO. The first-order valence-corrected chi connectivity index (χ1v) is 4.76. The van der Waals surface area contributed by atoms with E-state index in [1.165, 1.54) is 0 Å². The maximum absolute atomic E-state index is 11.2. The lowest BCUT2D eigenvalue weighted by atomic mass is 9.72. The Morgan fingerprint density at radius 2 is 2.17 bits per heavy atom. The van der Waals surface area contributed by atoms with Gasteiger partial charge >= 0.3 is 0 Å². The van der Waals surface area contributed by atoms with Gasteiger partial charge in [-0.2, -0.15) is 0 Å². The highest BCUT2D eigenvalue weighted by Gasteiger charge is 2.39. The Morgan fingerprint density at radius 1 is 1.58 bits per heavy atom. The molecule has 2 heteroatoms. The first-order chi connectivity index (χ1) is 5.49. The van der Waals surface area contributed by atoms with Gasteiger partial charge in [-0.05, 0) is 11.3 Å². The van der Waals surface area contributed by atoms with E-state index in [-0.39, 0.29) is 11.8 Å². The quantitative estimate of drug-likeness (QED) is 0.671. The second-order valence-corrected chi connectivity index (χ2v) is 4.48. The fourth-order valence-corrected chi connectivity index (χ4v) is 1.95. The first-order valence-electron chi connectivity index (χ1n) is 4.76. The fourth-order valence-electron chi connectivity index (χ4n) is 1.95. The van der Waals surface area contributed by atoms with Crippen LogP contribution in [0.1, 0.15) is 34.1 Å². The average molecular weight is 169 g/mol. The summed E-state index contributed by atoms with van der Waals surface area (Å²) in [5, 5.41) is 2.92. The van der Waals surface area contributed by atoms with E-state index in [2.05, 4.69) is 26.1 Å². The average Bonchev–Trinajstić information content (AvgIpc) is 2.33. The van der Waals surface area contributed by atoms with Crippen molar-refractivity contribution in [1.29, 1.82) is 0 Å². The lowest BCUT2D eigenvalue weighted by Crippen LogP contribution is -2.28. The molecule has 1 fully saturated rings. The molecule has 1 aliphatic heterocycles. The molecule has 12 heavy (non-hydrogen) atoms. The third-order valence-electron chi connectivity index (χ3n) is 3.43. The number of carbonyl (C=O) groups is 1. The van der Waals surface area contributed by atoms with E-state index >= 15 is 0 Å². The summed E-state index contributed by atoms with van der Waals surface area (Å²) >= 11 is 0. The number of nitrogens with one attached hydrogen (secondary N) is 1. The Labute approximate surface area is 74.7 Å². The first kappa shape index (κ1) is 9.56. The molecule has 2 unspecified atom stereocenters. The molecular weight excluding hydrogens is 150 g/mol. The standard InChI is InChI=1S/C10H19NO/c1-5-10(3,4)8-6-11-9(12)7(8)2/h7-8H,5-6H2,1-4H3,(H,11,12). The second kappa shape index (κ2) is 3.08. The topological polar surface area (TPSA) is 29.1 Å². The molecule has 1 heterocycles. The van der Waals surface area contributed by atoms with E-state index in [0.29, 0.717) is 11.3 Å². The molecule has 2 nitrogen and oxygen atoms in total. The van der Waals surface area contributed by atoms with E-state index in [4.69, 9.17) is 0 Å². The van der Waals surface area contributed by atoms with Gasteiger partial charge in [0.1, 0.15) is 0 Å². The monoisotopic (exact) mass is 169 g/mol. The largest absolute Gasteiger partial charge is 0.356 e. The second-order valence-electron chi connectivity index (χ2n) is 4.48. The van der Waals surface area contributed by atoms with Crippen LogP contribution in [0, 0.1) is 17.3 Å². The molecule has 1 amide bonds. The van der Waals surface area contributed by atoms with Crippen LogP contribution in [-0.2, 0) is 4.79 Å². The summed E-state index contributed by atoms with van der Waals surface area (Å²) in [5.74, 6) is 0.927. The summed E-state index contributed by atoms with van der Waals surface area (Å²) in [6, 6.07) is 0. The molecule has 1 saturated heterocycles. The number of hydrogen-bond donors (Lipinski definition) is 1. The highest BCUT2D eigenvalue weighted by atomic mass is 16.2. The molecule has 70 valence electrons. The molecule has 0 aromatic rings. The third-order valence-corrected chi connectivity index (χ3v) is 3.43. The van der Waals surface area contributed by atoms with Crippen LogP contribution in [0.4, 0.5) is 0 Å². The summed E-state index contributed by atoms with van der Waals surface area (Å²) in [6.07, 6.45) is 1.14. The van der Waals surface area contributed by atoms with Gasteiger partial charge < -0.3 is 5.32 Å². The summed E-state index contributed by atoms with van der Waals surface area (Å²) in [5.41, 5.74) is 0.290. The van der Waals surface area contributed by atoms with Crippen molar-refractivity contribution in [2.24, 2.45) is 17.3 Å². The number of hydrogen-bond acceptors (Lipinski definition) is 1. The van der Waals surface area contributed by atoms with Gasteiger partial charge in [0.2, 0.25) is 5.91 Å². The zero-order valence-corrected chi connectivity index (χ0v) is 8.48. The summed E-state index contributed by atoms with van der Waals surface area (Å²) in [6.45, 7) is 9.57. The van der Waals surface area contributed by atoms with E-state index in [1.807, 2.05) is 6.92 Å². The van der Waals surface area contributed by atoms with Crippen LogP contribution < -0.4 is 5.32 Å². The lowest BCUT2D eigenvalue weighted by molar-refractivity contribution is -0.123. The summed E-state index contributed by atoms with van der Waals surface area (Å²) in [4.78, 5) is 11.2. The molecule has 1 rings (SSSR count). The van der Waals surface area contributed by atoms with Crippen molar-refractivity contribution in [2.45, 2.75) is 34.1 Å². The summed E-state index contributed by atoms with van der Waals surface area (Å²) < 4.78 is 0. The number of amides is 1. The van der Waals surface area contributed by atoms with Crippen LogP contribution in [0.3, 0.4) is 0 Å². The number of carbonyl (C=O) groups excluding carboxylic acids is 1. The van der Waals surface area contributed by atoms with Gasteiger partial charge in [-0.1, -0.05) is 34.1 Å². The molecule has 0 aromatic carbocycles. The zero-order valence-electron chi connectivity index (χ0n) is 8.48. The molecule has 0 saturated carbocycles. The van der Waals surface area contributed by atoms with Gasteiger partial charge in [-0.15, -0.1) is 0 Å². The number of rotatable bonds is 2. The Hall–Kier alpha value is -0.530. The van der Waals surface area contributed by atoms with Crippen LogP contribution in [0.15, 0.2) is 0 Å². The minimum Gasteiger partial charge on any atom is -0.356 e. The normalized spacial score (nSPS) is 30.5. The van der Waals surface area contributed by atoms with E-state index in [9.17, 15) is 4.79 Å². The molecule has 0 spiro atoms. The summed E-state index contributed by atoms with van der Waals surface area (Å²) in [7, 11) is 0. The molecule has 0 radical (unpaired) electrons. The van der Waals surface area contributed by atoms with Gasteiger partial charge in [-0.25, -0.2) is 0 Å². The van der Waals surface area contributed by atoms with Gasteiger partial charge in [0.25, 0.3) is 0 Å². The van der Waals surface area contributed by atoms with Crippen molar-refractivity contribution in [2.75, 3.05) is 6.54 Å². The smallest absolute Gasteiger partial charge is 0.223 e. The zero-order chi connectivity index (χ0) is 9.35. The molecule has 1 N–H and O–H groups in total. The van der Waals surface area contributed by atoms with Gasteiger partial charge in [0.15, 0.2) is 0 Å². The van der Waals surface area contributed by atoms with Crippen molar-refractivity contribution < 1.29 is 4.79 Å². The van der Waals surface area contributed by atoms with Crippen molar-refractivity contribution in [1.82, 2.24) is 5.32 Å². The molecule has 2 atom stereocenters. The SMILES string of the molecule is CCC(C)(C)C1CNC(=O)C1C. The van der Waals surface area contributed by atoms with Gasteiger partial charge in [-0.3, -0.25) is 4.79 Å². The van der Waals surface area contributed by atoms with Crippen molar-refractivity contribution in [3.63, 3.8) is 0 Å². The highest BCUT2D eigenvalue weighted by molar-refractivity contribution is 5.80.